The van der Waals surface area contributed by atoms with Gasteiger partial charge in [0.2, 0.25) is 23.6 Å². The van der Waals surface area contributed by atoms with Crippen molar-refractivity contribution in [1.82, 2.24) is 30.8 Å². The van der Waals surface area contributed by atoms with Crippen LogP contribution in [0.3, 0.4) is 0 Å². The standard InChI is InChI=1S/C54H64N8O8S/c1-8-34-22-39-40(54(6,7)49-46(47(39)66)38-14-11-33(25-55)21-41(38)59-49)24-42(34)61-17-15-36(16-18-61)58-44(64)28-69-19-20-70-29-45(65)60-50(53(3,4)5)52(68)62-27-37(63)23-43(62)51(67)56-26-32-9-12-35(13-10-32)48-31(2)57-30-71-48/h9-14,21-22,24,30,36-37,43,50,59,63H,8,15-20,23,26-29H2,1-7H3,(H,56,67)(H,58,64)(H,60,65)/t37-,43+,50?/m1/s1. The molecule has 5 aromatic rings. The number of aromatic nitrogens is 2. The van der Waals surface area contributed by atoms with Crippen LogP contribution in [0, 0.1) is 23.7 Å². The maximum Gasteiger partial charge on any atom is 0.246 e. The molecule has 374 valence electrons. The molecule has 71 heavy (non-hydrogen) atoms. The molecule has 0 radical (unpaired) electrons. The Morgan fingerprint density at radius 2 is 1.72 bits per heavy atom. The third kappa shape index (κ3) is 10.9. The number of hydrogen-bond donors (Lipinski definition) is 5. The molecule has 2 aliphatic heterocycles. The van der Waals surface area contributed by atoms with Crippen molar-refractivity contribution in [2.24, 2.45) is 5.41 Å². The van der Waals surface area contributed by atoms with Crippen molar-refractivity contribution in [2.75, 3.05) is 51.0 Å². The van der Waals surface area contributed by atoms with E-state index in [9.17, 15) is 34.3 Å². The molecule has 4 heterocycles. The Bertz CT molecular complexity index is 2870. The second-order valence-corrected chi connectivity index (χ2v) is 21.3. The monoisotopic (exact) mass is 984 g/mol. The molecule has 3 atom stereocenters. The summed E-state index contributed by atoms with van der Waals surface area (Å²) >= 11 is 1.57. The van der Waals surface area contributed by atoms with Gasteiger partial charge < -0.3 is 45.3 Å². The Morgan fingerprint density at radius 1 is 1.01 bits per heavy atom. The number of amides is 4. The summed E-state index contributed by atoms with van der Waals surface area (Å²) in [4.78, 5) is 80.2. The third-order valence-corrected chi connectivity index (χ3v) is 15.0. The number of carbonyl (C=O) groups excluding carboxylic acids is 5. The molecule has 1 aliphatic carbocycles. The van der Waals surface area contributed by atoms with Crippen molar-refractivity contribution >= 4 is 57.3 Å². The molecular formula is C54H64N8O8S. The molecule has 0 bridgehead atoms. The number of carbonyl (C=O) groups is 5. The van der Waals surface area contributed by atoms with Gasteiger partial charge in [0.1, 0.15) is 25.3 Å². The number of nitriles is 1. The number of likely N-dealkylation sites (tertiary alicyclic amines) is 1. The third-order valence-electron chi connectivity index (χ3n) is 14.0. The predicted octanol–water partition coefficient (Wildman–Crippen LogP) is 5.83. The molecule has 4 amide bonds. The summed E-state index contributed by atoms with van der Waals surface area (Å²) in [6, 6.07) is 17.7. The van der Waals surface area contributed by atoms with Crippen LogP contribution in [0.25, 0.3) is 21.3 Å². The maximum atomic E-state index is 14.1. The molecule has 16 nitrogen and oxygen atoms in total. The van der Waals surface area contributed by atoms with E-state index in [2.05, 4.69) is 69.8 Å². The Kier molecular flexibility index (Phi) is 15.1. The average molecular weight is 985 g/mol. The average Bonchev–Trinajstić information content (AvgIpc) is 4.09. The molecule has 2 aromatic heterocycles. The number of aliphatic hydroxyl groups is 1. The summed E-state index contributed by atoms with van der Waals surface area (Å²) < 4.78 is 11.1. The number of piperidine rings is 1. The molecule has 2 saturated heterocycles. The number of thiazole rings is 1. The highest BCUT2D eigenvalue weighted by atomic mass is 32.1. The first-order valence-electron chi connectivity index (χ1n) is 24.4. The van der Waals surface area contributed by atoms with E-state index in [1.165, 1.54) is 4.90 Å². The van der Waals surface area contributed by atoms with E-state index >= 15 is 0 Å². The zero-order chi connectivity index (χ0) is 50.8. The van der Waals surface area contributed by atoms with Crippen molar-refractivity contribution in [2.45, 2.75) is 110 Å². The van der Waals surface area contributed by atoms with Gasteiger partial charge in [-0.2, -0.15) is 5.26 Å². The van der Waals surface area contributed by atoms with Crippen LogP contribution in [0.1, 0.15) is 110 Å². The summed E-state index contributed by atoms with van der Waals surface area (Å²) in [7, 11) is 0. The van der Waals surface area contributed by atoms with Gasteiger partial charge in [-0.3, -0.25) is 24.0 Å². The van der Waals surface area contributed by atoms with Crippen LogP contribution in [0.4, 0.5) is 5.69 Å². The number of aliphatic hydroxyl groups excluding tert-OH is 1. The molecule has 3 aliphatic rings. The smallest absolute Gasteiger partial charge is 0.246 e. The van der Waals surface area contributed by atoms with Gasteiger partial charge in [-0.1, -0.05) is 71.9 Å². The number of ketones is 1. The Labute approximate surface area is 418 Å². The quantitative estimate of drug-likeness (QED) is 0.0741. The van der Waals surface area contributed by atoms with E-state index in [0.29, 0.717) is 16.7 Å². The number of aryl methyl sites for hydroxylation is 2. The van der Waals surface area contributed by atoms with Gasteiger partial charge in [0.05, 0.1) is 52.6 Å². The van der Waals surface area contributed by atoms with Gasteiger partial charge in [0.15, 0.2) is 5.78 Å². The summed E-state index contributed by atoms with van der Waals surface area (Å²) in [5.74, 6) is -1.65. The highest BCUT2D eigenvalue weighted by Gasteiger charge is 2.45. The number of anilines is 1. The first-order chi connectivity index (χ1) is 33.9. The SMILES string of the molecule is CCc1cc2c(cc1N1CCC(NC(=O)COCCOCC(=O)NC(C(=O)N3C[C@H](O)C[C@H]3C(=O)NCc3ccc(-c4scnc4C)cc3)C(C)(C)C)CC1)C(C)(C)c1[nH]c3cc(C#N)ccc3c1C2=O. The zero-order valence-electron chi connectivity index (χ0n) is 41.6. The van der Waals surface area contributed by atoms with E-state index < -0.39 is 40.8 Å². The number of β-amino-alcohol motifs (C(OH)–C–C–N with tert-alkyl or cyclic N) is 1. The molecule has 0 saturated carbocycles. The van der Waals surface area contributed by atoms with Crippen LogP contribution in [0.5, 0.6) is 0 Å². The first kappa shape index (κ1) is 50.9. The second-order valence-electron chi connectivity index (χ2n) is 20.5. The first-order valence-corrected chi connectivity index (χ1v) is 25.3. The van der Waals surface area contributed by atoms with Crippen LogP contribution >= 0.6 is 11.3 Å². The van der Waals surface area contributed by atoms with Crippen molar-refractivity contribution in [1.29, 1.82) is 5.26 Å². The van der Waals surface area contributed by atoms with Crippen molar-refractivity contribution in [3.8, 4) is 16.5 Å². The highest BCUT2D eigenvalue weighted by molar-refractivity contribution is 7.13. The molecule has 3 aromatic carbocycles. The van der Waals surface area contributed by atoms with Crippen molar-refractivity contribution < 1.29 is 38.6 Å². The van der Waals surface area contributed by atoms with E-state index in [1.807, 2.05) is 58.0 Å². The maximum absolute atomic E-state index is 14.1. The fourth-order valence-corrected chi connectivity index (χ4v) is 10.9. The molecule has 1 unspecified atom stereocenters. The lowest BCUT2D eigenvalue weighted by atomic mass is 9.70. The lowest BCUT2D eigenvalue weighted by molar-refractivity contribution is -0.144. The van der Waals surface area contributed by atoms with E-state index in [1.54, 1.807) is 29.0 Å². The summed E-state index contributed by atoms with van der Waals surface area (Å²) in [5.41, 5.74) is 10.2. The van der Waals surface area contributed by atoms with Crippen LogP contribution < -0.4 is 20.9 Å². The Hall–Kier alpha value is -6.45. The van der Waals surface area contributed by atoms with Gasteiger partial charge in [0, 0.05) is 71.9 Å². The minimum Gasteiger partial charge on any atom is -0.391 e. The Morgan fingerprint density at radius 3 is 2.37 bits per heavy atom. The fraction of sp³-hybridized carbons (Fsp3) is 0.463. The van der Waals surface area contributed by atoms with E-state index in [4.69, 9.17) is 9.47 Å². The van der Waals surface area contributed by atoms with Gasteiger partial charge >= 0.3 is 0 Å². The van der Waals surface area contributed by atoms with Crippen molar-refractivity contribution in [3.63, 3.8) is 0 Å². The lowest BCUT2D eigenvalue weighted by Gasteiger charge is -2.38. The normalized spacial score (nSPS) is 18.2. The fourth-order valence-electron chi connectivity index (χ4n) is 10.1. The van der Waals surface area contributed by atoms with Gasteiger partial charge in [-0.15, -0.1) is 11.3 Å². The number of hydrogen-bond acceptors (Lipinski definition) is 12. The molecule has 2 fully saturated rings. The Balaban J connectivity index is 0.763. The van der Waals surface area contributed by atoms with Gasteiger partial charge in [-0.05, 0) is 78.1 Å². The number of nitrogens with one attached hydrogen (secondary N) is 4. The summed E-state index contributed by atoms with van der Waals surface area (Å²) in [5, 5.41) is 29.7. The summed E-state index contributed by atoms with van der Waals surface area (Å²) in [6.45, 7) is 15.0. The van der Waals surface area contributed by atoms with Crippen LogP contribution in [0.15, 0.2) is 60.1 Å². The van der Waals surface area contributed by atoms with E-state index in [-0.39, 0.29) is 69.6 Å². The molecule has 17 heteroatoms. The van der Waals surface area contributed by atoms with Gasteiger partial charge in [0.25, 0.3) is 0 Å². The van der Waals surface area contributed by atoms with Crippen molar-refractivity contribution in [3.05, 3.63) is 105 Å². The second kappa shape index (κ2) is 21.1. The largest absolute Gasteiger partial charge is 0.391 e. The topological polar surface area (TPSA) is 219 Å². The number of ether oxygens (including phenoxy) is 2. The van der Waals surface area contributed by atoms with Crippen LogP contribution in [0.2, 0.25) is 0 Å². The molecule has 8 rings (SSSR count). The van der Waals surface area contributed by atoms with Crippen LogP contribution in [-0.2, 0) is 47.0 Å². The number of nitrogens with zero attached hydrogens (tertiary/aromatic N) is 4. The summed E-state index contributed by atoms with van der Waals surface area (Å²) in [6.07, 6.45) is 1.40. The number of fused-ring (bicyclic) bond motifs is 4. The van der Waals surface area contributed by atoms with Crippen LogP contribution in [-0.4, -0.2) is 120 Å². The number of rotatable bonds is 16. The van der Waals surface area contributed by atoms with E-state index in [0.717, 1.165) is 87.5 Å². The van der Waals surface area contributed by atoms with Gasteiger partial charge in [-0.25, -0.2) is 4.98 Å². The number of benzene rings is 3. The minimum atomic E-state index is -1.01. The minimum absolute atomic E-state index is 0.0127. The lowest BCUT2D eigenvalue weighted by Crippen LogP contribution is -2.58. The predicted molar refractivity (Wildman–Crippen MR) is 271 cm³/mol. The molecule has 5 N–H and O–H groups in total. The molecular weight excluding hydrogens is 921 g/mol. The number of H-pyrrole nitrogens is 1. The number of aromatic amines is 1. The molecule has 0 spiro atoms. The highest BCUT2D eigenvalue weighted by Crippen LogP contribution is 2.46. The zero-order valence-corrected chi connectivity index (χ0v) is 42.4.